The molecule has 2 amide bonds. The Kier molecular flexibility index (Phi) is 4.54. The van der Waals surface area contributed by atoms with E-state index in [1.807, 2.05) is 12.1 Å². The number of aromatic nitrogens is 1. The van der Waals surface area contributed by atoms with E-state index in [9.17, 15) is 14.4 Å². The van der Waals surface area contributed by atoms with Crippen LogP contribution < -0.4 is 10.6 Å². The number of carbonyl (C=O) groups is 3. The molecule has 1 aromatic heterocycles. The van der Waals surface area contributed by atoms with Gasteiger partial charge in [-0.05, 0) is 25.5 Å². The Morgan fingerprint density at radius 2 is 2.12 bits per heavy atom. The fraction of sp³-hybridized carbons (Fsp3) is 0.294. The number of carbonyl (C=O) groups excluding carboxylic acids is 2. The average Bonchev–Trinajstić information content (AvgIpc) is 2.96. The Balaban J connectivity index is 1.79. The van der Waals surface area contributed by atoms with Crippen molar-refractivity contribution >= 4 is 34.8 Å². The number of nitrogens with one attached hydrogen (secondary N) is 2. The Morgan fingerprint density at radius 1 is 1.40 bits per heavy atom. The zero-order chi connectivity index (χ0) is 18.1. The zero-order valence-corrected chi connectivity index (χ0v) is 14.5. The molecule has 0 saturated carbocycles. The second kappa shape index (κ2) is 6.64. The van der Waals surface area contributed by atoms with Crippen molar-refractivity contribution in [1.29, 1.82) is 0 Å². The molecule has 2 heterocycles. The lowest BCUT2D eigenvalue weighted by atomic mass is 9.89. The maximum absolute atomic E-state index is 12.7. The molecule has 7 nitrogen and oxygen atoms in total. The first kappa shape index (κ1) is 17.1. The van der Waals surface area contributed by atoms with Crippen LogP contribution in [0.15, 0.2) is 24.3 Å². The van der Waals surface area contributed by atoms with Crippen LogP contribution in [0.2, 0.25) is 0 Å². The molecule has 0 aliphatic carbocycles. The van der Waals surface area contributed by atoms with Crippen molar-refractivity contribution in [1.82, 2.24) is 10.3 Å². The summed E-state index contributed by atoms with van der Waals surface area (Å²) in [5.41, 5.74) is 1.84. The summed E-state index contributed by atoms with van der Waals surface area (Å²) in [5.74, 6) is -2.09. The summed E-state index contributed by atoms with van der Waals surface area (Å²) in [4.78, 5) is 40.1. The summed E-state index contributed by atoms with van der Waals surface area (Å²) in [6.45, 7) is 3.37. The third kappa shape index (κ3) is 3.39. The van der Waals surface area contributed by atoms with E-state index in [-0.39, 0.29) is 23.1 Å². The Labute approximate surface area is 148 Å². The van der Waals surface area contributed by atoms with Crippen LogP contribution in [0, 0.1) is 6.92 Å². The van der Waals surface area contributed by atoms with Gasteiger partial charge in [0.05, 0.1) is 17.7 Å². The molecule has 0 spiro atoms. The van der Waals surface area contributed by atoms with Gasteiger partial charge in [0.25, 0.3) is 0 Å². The fourth-order valence-electron chi connectivity index (χ4n) is 2.82. The first-order chi connectivity index (χ1) is 11.9. The van der Waals surface area contributed by atoms with Gasteiger partial charge in [-0.3, -0.25) is 9.59 Å². The zero-order valence-electron chi connectivity index (χ0n) is 13.7. The number of amides is 2. The van der Waals surface area contributed by atoms with Gasteiger partial charge in [0.2, 0.25) is 11.8 Å². The number of rotatable bonds is 4. The maximum atomic E-state index is 12.7. The fourth-order valence-corrected chi connectivity index (χ4v) is 3.73. The van der Waals surface area contributed by atoms with Crippen molar-refractivity contribution in [3.05, 3.63) is 45.4 Å². The number of para-hydroxylation sites is 1. The van der Waals surface area contributed by atoms with Gasteiger partial charge in [-0.15, -0.1) is 11.3 Å². The first-order valence-electron chi connectivity index (χ1n) is 7.76. The molecule has 8 heteroatoms. The predicted octanol–water partition coefficient (Wildman–Crippen LogP) is 2.45. The van der Waals surface area contributed by atoms with Crippen LogP contribution in [0.5, 0.6) is 0 Å². The summed E-state index contributed by atoms with van der Waals surface area (Å²) >= 11 is 1.05. The van der Waals surface area contributed by atoms with Crippen LogP contribution in [0.3, 0.4) is 0 Å². The van der Waals surface area contributed by atoms with E-state index in [1.54, 1.807) is 26.0 Å². The van der Waals surface area contributed by atoms with E-state index in [4.69, 9.17) is 5.11 Å². The van der Waals surface area contributed by atoms with Gasteiger partial charge in [-0.25, -0.2) is 9.78 Å². The molecule has 130 valence electrons. The van der Waals surface area contributed by atoms with Gasteiger partial charge in [-0.2, -0.15) is 0 Å². The topological polar surface area (TPSA) is 108 Å². The molecular weight excluding hydrogens is 342 g/mol. The third-order valence-electron chi connectivity index (χ3n) is 4.05. The molecule has 3 rings (SSSR count). The molecular formula is C17H17N3O4S. The molecule has 25 heavy (non-hydrogen) atoms. The minimum absolute atomic E-state index is 0.0762. The highest BCUT2D eigenvalue weighted by Gasteiger charge is 2.31. The number of aromatic carboxylic acids is 1. The van der Waals surface area contributed by atoms with Crippen molar-refractivity contribution in [3.8, 4) is 0 Å². The molecule has 0 radical (unpaired) electrons. The van der Waals surface area contributed by atoms with Gasteiger partial charge in [0.1, 0.15) is 9.88 Å². The van der Waals surface area contributed by atoms with E-state index in [2.05, 4.69) is 15.6 Å². The van der Waals surface area contributed by atoms with Crippen LogP contribution in [0.1, 0.15) is 51.2 Å². The smallest absolute Gasteiger partial charge is 0.347 e. The van der Waals surface area contributed by atoms with Crippen molar-refractivity contribution in [2.45, 2.75) is 32.2 Å². The minimum atomic E-state index is -1.03. The first-order valence-corrected chi connectivity index (χ1v) is 8.58. The normalized spacial score (nSPS) is 17.4. The summed E-state index contributed by atoms with van der Waals surface area (Å²) in [6, 6.07) is 6.76. The maximum Gasteiger partial charge on any atom is 0.347 e. The van der Waals surface area contributed by atoms with Crippen LogP contribution in [-0.2, 0) is 9.59 Å². The highest BCUT2D eigenvalue weighted by atomic mass is 32.1. The van der Waals surface area contributed by atoms with Crippen LogP contribution in [0.4, 0.5) is 5.69 Å². The molecule has 0 saturated heterocycles. The van der Waals surface area contributed by atoms with Crippen LogP contribution in [-0.4, -0.2) is 27.9 Å². The second-order valence-electron chi connectivity index (χ2n) is 5.89. The number of hydrogen-bond donors (Lipinski definition) is 3. The number of carboxylic acid groups (broad SMARTS) is 1. The molecule has 2 aromatic rings. The van der Waals surface area contributed by atoms with E-state index < -0.39 is 17.9 Å². The van der Waals surface area contributed by atoms with Gasteiger partial charge in [0.15, 0.2) is 0 Å². The van der Waals surface area contributed by atoms with Gasteiger partial charge in [-0.1, -0.05) is 18.2 Å². The van der Waals surface area contributed by atoms with E-state index in [0.717, 1.165) is 16.9 Å². The van der Waals surface area contributed by atoms with Crippen molar-refractivity contribution < 1.29 is 19.5 Å². The predicted molar refractivity (Wildman–Crippen MR) is 92.8 cm³/mol. The Hall–Kier alpha value is -2.74. The summed E-state index contributed by atoms with van der Waals surface area (Å²) in [5, 5.41) is 15.2. The Morgan fingerprint density at radius 3 is 2.80 bits per heavy atom. The number of carboxylic acids is 1. The van der Waals surface area contributed by atoms with Crippen LogP contribution >= 0.6 is 11.3 Å². The molecule has 2 unspecified atom stereocenters. The van der Waals surface area contributed by atoms with Crippen molar-refractivity contribution in [2.75, 3.05) is 5.32 Å². The standard InChI is InChI=1S/C17H17N3O4S/c1-8-14(17(23)24)25-16(19-8)9(2)18-15(22)11-7-13(21)20-12-6-4-3-5-10(11)12/h3-6,9,11H,7H2,1-2H3,(H,18,22)(H,20,21)(H,23,24). The average molecular weight is 359 g/mol. The number of aryl methyl sites for hydroxylation is 1. The lowest BCUT2D eigenvalue weighted by Crippen LogP contribution is -2.36. The third-order valence-corrected chi connectivity index (χ3v) is 5.38. The van der Waals surface area contributed by atoms with E-state index in [0.29, 0.717) is 16.4 Å². The quantitative estimate of drug-likeness (QED) is 0.777. The lowest BCUT2D eigenvalue weighted by Gasteiger charge is -2.25. The molecule has 1 aromatic carbocycles. The molecule has 1 aliphatic rings. The number of benzene rings is 1. The van der Waals surface area contributed by atoms with E-state index >= 15 is 0 Å². The van der Waals surface area contributed by atoms with Crippen LogP contribution in [0.25, 0.3) is 0 Å². The van der Waals surface area contributed by atoms with Gasteiger partial charge in [0, 0.05) is 12.1 Å². The number of anilines is 1. The molecule has 3 N–H and O–H groups in total. The molecule has 2 atom stereocenters. The summed E-state index contributed by atoms with van der Waals surface area (Å²) < 4.78 is 0. The minimum Gasteiger partial charge on any atom is -0.477 e. The monoisotopic (exact) mass is 359 g/mol. The molecule has 0 fully saturated rings. The lowest BCUT2D eigenvalue weighted by molar-refractivity contribution is -0.126. The van der Waals surface area contributed by atoms with Crippen molar-refractivity contribution in [2.24, 2.45) is 0 Å². The highest BCUT2D eigenvalue weighted by Crippen LogP contribution is 2.33. The molecule has 0 bridgehead atoms. The number of nitrogens with zero attached hydrogens (tertiary/aromatic N) is 1. The largest absolute Gasteiger partial charge is 0.477 e. The second-order valence-corrected chi connectivity index (χ2v) is 6.92. The highest BCUT2D eigenvalue weighted by molar-refractivity contribution is 7.13. The van der Waals surface area contributed by atoms with Gasteiger partial charge < -0.3 is 15.7 Å². The number of thiazole rings is 1. The summed E-state index contributed by atoms with van der Waals surface area (Å²) in [6.07, 6.45) is 0.0762. The molecule has 1 aliphatic heterocycles. The summed E-state index contributed by atoms with van der Waals surface area (Å²) in [7, 11) is 0. The number of hydrogen-bond acceptors (Lipinski definition) is 5. The Bertz CT molecular complexity index is 861. The van der Waals surface area contributed by atoms with Crippen molar-refractivity contribution in [3.63, 3.8) is 0 Å². The van der Waals surface area contributed by atoms with E-state index in [1.165, 1.54) is 0 Å². The number of fused-ring (bicyclic) bond motifs is 1. The SMILES string of the molecule is Cc1nc(C(C)NC(=O)C2CC(=O)Nc3ccccc32)sc1C(=O)O. The van der Waals surface area contributed by atoms with Gasteiger partial charge >= 0.3 is 5.97 Å².